The first kappa shape index (κ1) is 40.0. The number of methoxy groups -OCH3 is 1. The molecular formula is C41H55N5O7. The van der Waals surface area contributed by atoms with Crippen LogP contribution in [0.2, 0.25) is 0 Å². The number of β-amino-alcohol motifs (C(OH)–C–C–N with tert-alkyl or cyclic N) is 1. The van der Waals surface area contributed by atoms with Crippen LogP contribution < -0.4 is 10.6 Å². The number of nitrogens with zero attached hydrogens (tertiary/aromatic N) is 3. The van der Waals surface area contributed by atoms with Gasteiger partial charge in [0.1, 0.15) is 18.8 Å². The van der Waals surface area contributed by atoms with Crippen LogP contribution >= 0.6 is 0 Å². The van der Waals surface area contributed by atoms with Crippen molar-refractivity contribution in [3.63, 3.8) is 0 Å². The van der Waals surface area contributed by atoms with Gasteiger partial charge in [-0.2, -0.15) is 0 Å². The normalized spacial score (nSPS) is 20.3. The average Bonchev–Trinajstić information content (AvgIpc) is 3.46. The van der Waals surface area contributed by atoms with E-state index in [1.807, 2.05) is 98.6 Å². The van der Waals surface area contributed by atoms with Crippen LogP contribution in [0, 0.1) is 5.92 Å². The van der Waals surface area contributed by atoms with E-state index in [1.54, 1.807) is 13.3 Å². The first-order valence-corrected chi connectivity index (χ1v) is 18.5. The number of hydrogen-bond donors (Lipinski definition) is 3. The maximum atomic E-state index is 14.3. The van der Waals surface area contributed by atoms with Gasteiger partial charge in [0.25, 0.3) is 0 Å². The fraction of sp³-hybridized carbons (Fsp3) is 0.512. The number of piperazine rings is 1. The third kappa shape index (κ3) is 12.2. The van der Waals surface area contributed by atoms with Gasteiger partial charge in [-0.1, -0.05) is 60.7 Å². The van der Waals surface area contributed by atoms with Gasteiger partial charge in [0.2, 0.25) is 11.8 Å². The Morgan fingerprint density at radius 3 is 2.47 bits per heavy atom. The topological polar surface area (TPSA) is 143 Å². The summed E-state index contributed by atoms with van der Waals surface area (Å²) < 4.78 is 16.2. The van der Waals surface area contributed by atoms with Crippen LogP contribution in [0.25, 0.3) is 0 Å². The lowest BCUT2D eigenvalue weighted by Gasteiger charge is -2.42. The number of esters is 1. The predicted molar refractivity (Wildman–Crippen MR) is 201 cm³/mol. The molecule has 53 heavy (non-hydrogen) atoms. The number of carbonyl (C=O) groups excluding carboxylic acids is 3. The van der Waals surface area contributed by atoms with Gasteiger partial charge in [0.05, 0.1) is 25.4 Å². The van der Waals surface area contributed by atoms with E-state index in [4.69, 9.17) is 14.2 Å². The number of benzene rings is 2. The van der Waals surface area contributed by atoms with Crippen molar-refractivity contribution in [1.29, 1.82) is 0 Å². The molecule has 2 heterocycles. The van der Waals surface area contributed by atoms with Crippen molar-refractivity contribution >= 4 is 17.8 Å². The van der Waals surface area contributed by atoms with E-state index < -0.39 is 41.7 Å². The maximum absolute atomic E-state index is 14.3. The van der Waals surface area contributed by atoms with Gasteiger partial charge in [0, 0.05) is 70.1 Å². The first-order valence-electron chi connectivity index (χ1n) is 18.5. The van der Waals surface area contributed by atoms with E-state index in [2.05, 4.69) is 20.5 Å². The summed E-state index contributed by atoms with van der Waals surface area (Å²) in [4.78, 5) is 49.2. The van der Waals surface area contributed by atoms with Crippen LogP contribution in [0.15, 0.2) is 79.1 Å². The number of rotatable bonds is 17. The first-order chi connectivity index (χ1) is 25.5. The van der Waals surface area contributed by atoms with Crippen molar-refractivity contribution in [3.8, 4) is 0 Å². The SMILES string of the molecule is COCCOCC(=O)O[C@@H]1Cc2ccccc2[C@@H]1NC(=O)[C@H](Cc1ccccc1)C[C@H](O)CN1CCN(Cc2cccnc2)C[C@H]1C(=O)NC(C)(C)C. The summed E-state index contributed by atoms with van der Waals surface area (Å²) in [7, 11) is 1.56. The van der Waals surface area contributed by atoms with Crippen LogP contribution in [0.4, 0.5) is 0 Å². The number of aromatic nitrogens is 1. The number of amides is 2. The van der Waals surface area contributed by atoms with Gasteiger partial charge in [-0.05, 0) is 61.9 Å². The van der Waals surface area contributed by atoms with Crippen LogP contribution in [0.3, 0.4) is 0 Å². The molecule has 1 aromatic heterocycles. The quantitative estimate of drug-likeness (QED) is 0.140. The Bertz CT molecular complexity index is 1620. The molecule has 286 valence electrons. The van der Waals surface area contributed by atoms with E-state index in [-0.39, 0.29) is 38.0 Å². The second kappa shape index (κ2) is 19.2. The Morgan fingerprint density at radius 2 is 1.74 bits per heavy atom. The molecule has 5 rings (SSSR count). The third-order valence-electron chi connectivity index (χ3n) is 9.62. The Morgan fingerprint density at radius 1 is 0.981 bits per heavy atom. The number of carbonyl (C=O) groups is 3. The number of fused-ring (bicyclic) bond motifs is 1. The van der Waals surface area contributed by atoms with Crippen LogP contribution in [-0.2, 0) is 48.0 Å². The molecule has 1 aliphatic carbocycles. The minimum atomic E-state index is -0.891. The fourth-order valence-electron chi connectivity index (χ4n) is 7.16. The molecule has 3 aromatic rings. The molecule has 0 spiro atoms. The zero-order valence-corrected chi connectivity index (χ0v) is 31.4. The van der Waals surface area contributed by atoms with Gasteiger partial charge in [-0.15, -0.1) is 0 Å². The average molecular weight is 730 g/mol. The highest BCUT2D eigenvalue weighted by Gasteiger charge is 2.39. The Hall–Kier alpha value is -4.20. The van der Waals surface area contributed by atoms with Crippen LogP contribution in [0.1, 0.15) is 55.5 Å². The number of aliphatic hydroxyl groups excluding tert-OH is 1. The summed E-state index contributed by atoms with van der Waals surface area (Å²) in [6, 6.07) is 20.4. The maximum Gasteiger partial charge on any atom is 0.332 e. The highest BCUT2D eigenvalue weighted by molar-refractivity contribution is 5.83. The molecule has 1 saturated heterocycles. The van der Waals surface area contributed by atoms with E-state index in [1.165, 1.54) is 0 Å². The second-order valence-electron chi connectivity index (χ2n) is 15.1. The number of aliphatic hydroxyl groups is 1. The summed E-state index contributed by atoms with van der Waals surface area (Å²) in [5.74, 6) is -1.44. The lowest BCUT2D eigenvalue weighted by Crippen LogP contribution is -2.61. The second-order valence-corrected chi connectivity index (χ2v) is 15.1. The lowest BCUT2D eigenvalue weighted by molar-refractivity contribution is -0.156. The molecule has 0 radical (unpaired) electrons. The van der Waals surface area contributed by atoms with Gasteiger partial charge in [-0.3, -0.25) is 24.4 Å². The van der Waals surface area contributed by atoms with Gasteiger partial charge >= 0.3 is 5.97 Å². The number of pyridine rings is 1. The molecule has 0 saturated carbocycles. The summed E-state index contributed by atoms with van der Waals surface area (Å²) in [6.07, 6.45) is 3.13. The highest BCUT2D eigenvalue weighted by Crippen LogP contribution is 2.34. The highest BCUT2D eigenvalue weighted by atomic mass is 16.6. The monoisotopic (exact) mass is 729 g/mol. The molecule has 3 N–H and O–H groups in total. The zero-order valence-electron chi connectivity index (χ0n) is 31.4. The lowest BCUT2D eigenvalue weighted by atomic mass is 9.91. The molecule has 12 heteroatoms. The molecule has 1 aliphatic heterocycles. The minimum absolute atomic E-state index is 0.0938. The van der Waals surface area contributed by atoms with E-state index in [9.17, 15) is 19.5 Å². The molecule has 0 bridgehead atoms. The van der Waals surface area contributed by atoms with Gasteiger partial charge in [-0.25, -0.2) is 4.79 Å². The Balaban J connectivity index is 1.29. The minimum Gasteiger partial charge on any atom is -0.458 e. The van der Waals surface area contributed by atoms with Crippen LogP contribution in [0.5, 0.6) is 0 Å². The van der Waals surface area contributed by atoms with Crippen molar-refractivity contribution in [2.24, 2.45) is 5.92 Å². The molecule has 2 aliphatic rings. The van der Waals surface area contributed by atoms with Crippen molar-refractivity contribution in [2.75, 3.05) is 53.1 Å². The number of ether oxygens (including phenoxy) is 3. The summed E-state index contributed by atoms with van der Waals surface area (Å²) in [6.45, 7) is 8.98. The smallest absolute Gasteiger partial charge is 0.332 e. The summed E-state index contributed by atoms with van der Waals surface area (Å²) in [5, 5.41) is 18.0. The summed E-state index contributed by atoms with van der Waals surface area (Å²) >= 11 is 0. The van der Waals surface area contributed by atoms with E-state index in [0.717, 1.165) is 22.3 Å². The van der Waals surface area contributed by atoms with Gasteiger partial charge in [0.15, 0.2) is 0 Å². The number of nitrogens with one attached hydrogen (secondary N) is 2. The fourth-order valence-corrected chi connectivity index (χ4v) is 7.16. The summed E-state index contributed by atoms with van der Waals surface area (Å²) in [5.41, 5.74) is 3.51. The number of hydrogen-bond acceptors (Lipinski definition) is 10. The van der Waals surface area contributed by atoms with Crippen molar-refractivity contribution in [1.82, 2.24) is 25.4 Å². The van der Waals surface area contributed by atoms with Gasteiger partial charge < -0.3 is 30.0 Å². The molecule has 2 aromatic carbocycles. The standard InChI is InChI=1S/C41H55N5O7/c1-41(2,3)44-40(50)35-27-45(25-30-13-10-16-42-24-30)17-18-46(35)26-33(47)22-32(21-29-11-6-5-7-12-29)39(49)43-38-34-15-9-8-14-31(34)23-36(38)53-37(48)28-52-20-19-51-4/h5-16,24,32-33,35-36,38,47H,17-23,25-28H2,1-4H3,(H,43,49)(H,44,50)/t32-,33+,35+,36-,38+/m1/s1. The Labute approximate surface area is 313 Å². The molecular weight excluding hydrogens is 674 g/mol. The molecule has 5 atom stereocenters. The van der Waals surface area contributed by atoms with Crippen molar-refractivity contribution in [3.05, 3.63) is 101 Å². The van der Waals surface area contributed by atoms with Crippen molar-refractivity contribution < 1.29 is 33.7 Å². The molecule has 2 amide bonds. The largest absolute Gasteiger partial charge is 0.458 e. The van der Waals surface area contributed by atoms with Crippen LogP contribution in [-0.4, -0.2) is 115 Å². The van der Waals surface area contributed by atoms with Crippen molar-refractivity contribution in [2.45, 2.75) is 76.4 Å². The predicted octanol–water partition coefficient (Wildman–Crippen LogP) is 3.08. The van der Waals surface area contributed by atoms with E-state index in [0.29, 0.717) is 45.6 Å². The van der Waals surface area contributed by atoms with E-state index >= 15 is 0 Å². The molecule has 12 nitrogen and oxygen atoms in total. The Kier molecular flexibility index (Phi) is 14.5. The molecule has 1 fully saturated rings. The third-order valence-corrected chi connectivity index (χ3v) is 9.62. The molecule has 0 unspecified atom stereocenters. The zero-order chi connectivity index (χ0) is 37.8.